The molecule has 3 aromatic heterocycles. The SMILES string of the molecule is N#Cc1ccc(-c2cc(-n3c4ccccc4c4ccccc43)cc(C#N)c2C#N)cc1-n1c2ccccc2c2cc3c4ccccc4n(-c4ccccc4)c3cc21. The molecule has 0 radical (unpaired) electrons. The summed E-state index contributed by atoms with van der Waals surface area (Å²) >= 11 is 0. The van der Waals surface area contributed by atoms with Crippen LogP contribution in [0.1, 0.15) is 16.7 Å². The molecular formula is C51H28N6. The quantitative estimate of drug-likeness (QED) is 0.181. The van der Waals surface area contributed by atoms with Gasteiger partial charge in [-0.3, -0.25) is 0 Å². The minimum absolute atomic E-state index is 0.283. The van der Waals surface area contributed by atoms with Gasteiger partial charge in [0.2, 0.25) is 0 Å². The fraction of sp³-hybridized carbons (Fsp3) is 0. The Hall–Kier alpha value is -8.37. The summed E-state index contributed by atoms with van der Waals surface area (Å²) in [4.78, 5) is 0. The maximum absolute atomic E-state index is 10.7. The number of hydrogen-bond acceptors (Lipinski definition) is 3. The van der Waals surface area contributed by atoms with Crippen molar-refractivity contribution in [2.45, 2.75) is 0 Å². The van der Waals surface area contributed by atoms with Crippen LogP contribution in [0.15, 0.2) is 170 Å². The molecule has 0 saturated carbocycles. The van der Waals surface area contributed by atoms with Gasteiger partial charge in [0.1, 0.15) is 18.2 Å². The summed E-state index contributed by atoms with van der Waals surface area (Å²) in [5.74, 6) is 0. The Bertz CT molecular complexity index is 3560. The van der Waals surface area contributed by atoms with E-state index in [1.807, 2.05) is 66.7 Å². The molecule has 0 saturated heterocycles. The number of hydrogen-bond donors (Lipinski definition) is 0. The fourth-order valence-corrected chi connectivity index (χ4v) is 8.92. The maximum atomic E-state index is 10.7. The second-order valence-electron chi connectivity index (χ2n) is 14.3. The lowest BCUT2D eigenvalue weighted by atomic mass is 9.94. The van der Waals surface area contributed by atoms with Gasteiger partial charge in [-0.05, 0) is 78.4 Å². The minimum atomic E-state index is 0.283. The second-order valence-corrected chi connectivity index (χ2v) is 14.3. The molecule has 8 aromatic carbocycles. The van der Waals surface area contributed by atoms with Crippen LogP contribution in [0.3, 0.4) is 0 Å². The van der Waals surface area contributed by atoms with E-state index in [0.29, 0.717) is 16.8 Å². The van der Waals surface area contributed by atoms with Gasteiger partial charge in [-0.25, -0.2) is 0 Å². The summed E-state index contributed by atoms with van der Waals surface area (Å²) in [5, 5.41) is 38.4. The van der Waals surface area contributed by atoms with Crippen molar-refractivity contribution >= 4 is 65.4 Å². The number of rotatable bonds is 4. The Morgan fingerprint density at radius 1 is 0.333 bits per heavy atom. The van der Waals surface area contributed by atoms with E-state index in [9.17, 15) is 15.8 Å². The first-order chi connectivity index (χ1) is 28.2. The van der Waals surface area contributed by atoms with Gasteiger partial charge in [-0.15, -0.1) is 0 Å². The van der Waals surface area contributed by atoms with E-state index in [0.717, 1.165) is 82.4 Å². The summed E-state index contributed by atoms with van der Waals surface area (Å²) in [7, 11) is 0. The van der Waals surface area contributed by atoms with Gasteiger partial charge in [-0.2, -0.15) is 15.8 Å². The van der Waals surface area contributed by atoms with Crippen molar-refractivity contribution in [3.05, 3.63) is 187 Å². The Labute approximate surface area is 326 Å². The summed E-state index contributed by atoms with van der Waals surface area (Å²) in [5.41, 5.74) is 11.0. The second kappa shape index (κ2) is 12.3. The van der Waals surface area contributed by atoms with Crippen molar-refractivity contribution < 1.29 is 0 Å². The zero-order valence-electron chi connectivity index (χ0n) is 30.3. The normalized spacial score (nSPS) is 11.5. The van der Waals surface area contributed by atoms with E-state index in [1.54, 1.807) is 6.07 Å². The molecule has 57 heavy (non-hydrogen) atoms. The third-order valence-electron chi connectivity index (χ3n) is 11.3. The van der Waals surface area contributed by atoms with Crippen molar-refractivity contribution in [1.82, 2.24) is 13.7 Å². The fourth-order valence-electron chi connectivity index (χ4n) is 8.92. The highest BCUT2D eigenvalue weighted by Crippen LogP contribution is 2.42. The van der Waals surface area contributed by atoms with Crippen LogP contribution in [-0.4, -0.2) is 13.7 Å². The Balaban J connectivity index is 1.21. The molecule has 11 aromatic rings. The number of nitriles is 3. The van der Waals surface area contributed by atoms with Crippen LogP contribution < -0.4 is 0 Å². The first kappa shape index (κ1) is 32.1. The predicted molar refractivity (Wildman–Crippen MR) is 229 cm³/mol. The van der Waals surface area contributed by atoms with E-state index < -0.39 is 0 Å². The molecule has 262 valence electrons. The van der Waals surface area contributed by atoms with Crippen molar-refractivity contribution in [2.24, 2.45) is 0 Å². The van der Waals surface area contributed by atoms with Crippen LogP contribution in [0, 0.1) is 34.0 Å². The Morgan fingerprint density at radius 2 is 0.825 bits per heavy atom. The maximum Gasteiger partial charge on any atom is 0.101 e. The molecule has 0 unspecified atom stereocenters. The molecule has 0 aliphatic heterocycles. The molecule has 0 spiro atoms. The van der Waals surface area contributed by atoms with Gasteiger partial charge >= 0.3 is 0 Å². The van der Waals surface area contributed by atoms with Crippen LogP contribution in [0.2, 0.25) is 0 Å². The number of benzene rings is 8. The van der Waals surface area contributed by atoms with Crippen LogP contribution in [-0.2, 0) is 0 Å². The van der Waals surface area contributed by atoms with Gasteiger partial charge in [0.15, 0.2) is 0 Å². The summed E-state index contributed by atoms with van der Waals surface area (Å²) < 4.78 is 6.63. The first-order valence-electron chi connectivity index (χ1n) is 18.7. The van der Waals surface area contributed by atoms with E-state index in [4.69, 9.17) is 0 Å². The summed E-state index contributed by atoms with van der Waals surface area (Å²) in [6, 6.07) is 64.8. The van der Waals surface area contributed by atoms with Crippen LogP contribution >= 0.6 is 0 Å². The predicted octanol–water partition coefficient (Wildman–Crippen LogP) is 12.3. The average Bonchev–Trinajstić information content (AvgIpc) is 3.90. The molecule has 0 aliphatic carbocycles. The highest BCUT2D eigenvalue weighted by molar-refractivity contribution is 6.19. The van der Waals surface area contributed by atoms with Gasteiger partial charge < -0.3 is 13.7 Å². The molecule has 0 aliphatic rings. The molecule has 11 rings (SSSR count). The highest BCUT2D eigenvalue weighted by atomic mass is 15.0. The summed E-state index contributed by atoms with van der Waals surface area (Å²) in [6.45, 7) is 0. The topological polar surface area (TPSA) is 86.2 Å². The number of aromatic nitrogens is 3. The van der Waals surface area contributed by atoms with E-state index in [2.05, 4.69) is 129 Å². The Kier molecular flexibility index (Phi) is 6.95. The number of para-hydroxylation sites is 5. The highest BCUT2D eigenvalue weighted by Gasteiger charge is 2.22. The molecule has 0 amide bonds. The molecule has 6 heteroatoms. The van der Waals surface area contributed by atoms with Gasteiger partial charge in [0.05, 0.1) is 55.5 Å². The third kappa shape index (κ3) is 4.61. The molecule has 0 fully saturated rings. The van der Waals surface area contributed by atoms with Crippen molar-refractivity contribution in [3.8, 4) is 46.4 Å². The number of fused-ring (bicyclic) bond motifs is 9. The first-order valence-corrected chi connectivity index (χ1v) is 18.7. The van der Waals surface area contributed by atoms with E-state index >= 15 is 0 Å². The van der Waals surface area contributed by atoms with Crippen LogP contribution in [0.4, 0.5) is 0 Å². The van der Waals surface area contributed by atoms with Gasteiger partial charge in [-0.1, -0.05) is 97.1 Å². The zero-order chi connectivity index (χ0) is 38.2. The van der Waals surface area contributed by atoms with E-state index in [1.165, 1.54) is 0 Å². The molecular weight excluding hydrogens is 697 g/mol. The van der Waals surface area contributed by atoms with Crippen LogP contribution in [0.25, 0.3) is 93.6 Å². The van der Waals surface area contributed by atoms with Crippen molar-refractivity contribution in [2.75, 3.05) is 0 Å². The van der Waals surface area contributed by atoms with Gasteiger partial charge in [0, 0.05) is 49.3 Å². The van der Waals surface area contributed by atoms with E-state index in [-0.39, 0.29) is 11.1 Å². The molecule has 0 N–H and O–H groups in total. The molecule has 3 heterocycles. The van der Waals surface area contributed by atoms with Crippen molar-refractivity contribution in [1.29, 1.82) is 15.8 Å². The molecule has 0 bridgehead atoms. The zero-order valence-corrected chi connectivity index (χ0v) is 30.3. The monoisotopic (exact) mass is 724 g/mol. The smallest absolute Gasteiger partial charge is 0.101 e. The van der Waals surface area contributed by atoms with Crippen LogP contribution in [0.5, 0.6) is 0 Å². The standard InChI is InChI=1S/C51H28N6/c52-29-33-23-22-32(41-26-36(24-34(30-53)44(41)31-54)56-45-18-8-4-14-37(45)38-15-5-9-19-46(38)56)25-49(33)57-48-21-11-7-17-40(48)43-27-42-39-16-6-10-20-47(39)55(50(42)28-51(43)57)35-12-2-1-3-13-35/h1-28H. The van der Waals surface area contributed by atoms with Crippen molar-refractivity contribution in [3.63, 3.8) is 0 Å². The largest absolute Gasteiger partial charge is 0.309 e. The summed E-state index contributed by atoms with van der Waals surface area (Å²) in [6.07, 6.45) is 0. The lowest BCUT2D eigenvalue weighted by molar-refractivity contribution is 1.16. The lowest BCUT2D eigenvalue weighted by Crippen LogP contribution is -2.01. The number of nitrogens with zero attached hydrogens (tertiary/aromatic N) is 6. The third-order valence-corrected chi connectivity index (χ3v) is 11.3. The molecule has 6 nitrogen and oxygen atoms in total. The molecule has 0 atom stereocenters. The average molecular weight is 725 g/mol. The minimum Gasteiger partial charge on any atom is -0.309 e. The lowest BCUT2D eigenvalue weighted by Gasteiger charge is -2.16. The van der Waals surface area contributed by atoms with Gasteiger partial charge in [0.25, 0.3) is 0 Å². The Morgan fingerprint density at radius 3 is 1.39 bits per heavy atom.